The zero-order valence-electron chi connectivity index (χ0n) is 14.2. The number of allylic oxidation sites excluding steroid dienone is 1. The number of rotatable bonds is 5. The Bertz CT molecular complexity index is 1020. The Morgan fingerprint density at radius 3 is 2.96 bits per heavy atom. The highest BCUT2D eigenvalue weighted by Gasteiger charge is 2.08. The van der Waals surface area contributed by atoms with Crippen LogP contribution >= 0.6 is 0 Å². The van der Waals surface area contributed by atoms with Gasteiger partial charge < -0.3 is 10.6 Å². The molecule has 0 bridgehead atoms. The number of fused-ring (bicyclic) bond motifs is 1. The maximum absolute atomic E-state index is 11.9. The zero-order chi connectivity index (χ0) is 18.4. The highest BCUT2D eigenvalue weighted by molar-refractivity contribution is 6.00. The Labute approximate surface area is 151 Å². The third kappa shape index (κ3) is 4.02. The molecule has 2 heterocycles. The third-order valence-corrected chi connectivity index (χ3v) is 3.57. The van der Waals surface area contributed by atoms with Crippen LogP contribution < -0.4 is 10.6 Å². The SMILES string of the molecule is C#Cc1cccc(Nc2ncnc3cnc(NC(=O)C=CCC)cc23)c1. The Morgan fingerprint density at radius 1 is 1.27 bits per heavy atom. The van der Waals surface area contributed by atoms with Crippen LogP contribution in [-0.2, 0) is 4.79 Å². The summed E-state index contributed by atoms with van der Waals surface area (Å²) in [6.07, 6.45) is 12.6. The van der Waals surface area contributed by atoms with Crippen LogP contribution in [0, 0.1) is 12.3 Å². The van der Waals surface area contributed by atoms with Gasteiger partial charge in [0.15, 0.2) is 0 Å². The quantitative estimate of drug-likeness (QED) is 0.546. The summed E-state index contributed by atoms with van der Waals surface area (Å²) in [5, 5.41) is 6.71. The molecular formula is C20H17N5O. The fourth-order valence-electron chi connectivity index (χ4n) is 2.34. The minimum atomic E-state index is -0.230. The first-order chi connectivity index (χ1) is 12.7. The second kappa shape index (κ2) is 7.90. The van der Waals surface area contributed by atoms with Gasteiger partial charge in [-0.05, 0) is 36.8 Å². The summed E-state index contributed by atoms with van der Waals surface area (Å²) < 4.78 is 0. The van der Waals surface area contributed by atoms with Gasteiger partial charge in [0.05, 0.1) is 11.7 Å². The van der Waals surface area contributed by atoms with Crippen molar-refractivity contribution in [2.45, 2.75) is 13.3 Å². The number of terminal acetylenes is 1. The van der Waals surface area contributed by atoms with Crippen molar-refractivity contribution in [1.82, 2.24) is 15.0 Å². The van der Waals surface area contributed by atoms with Crippen molar-refractivity contribution >= 4 is 34.1 Å². The molecule has 0 saturated heterocycles. The molecule has 0 aliphatic heterocycles. The number of benzene rings is 1. The topological polar surface area (TPSA) is 79.8 Å². The molecule has 0 spiro atoms. The average Bonchev–Trinajstić information content (AvgIpc) is 2.67. The molecular weight excluding hydrogens is 326 g/mol. The number of nitrogens with zero attached hydrogens (tertiary/aromatic N) is 3. The van der Waals surface area contributed by atoms with Crippen molar-refractivity contribution in [2.75, 3.05) is 10.6 Å². The van der Waals surface area contributed by atoms with Gasteiger partial charge in [-0.25, -0.2) is 15.0 Å². The lowest BCUT2D eigenvalue weighted by Gasteiger charge is -2.10. The lowest BCUT2D eigenvalue weighted by Crippen LogP contribution is -2.09. The Morgan fingerprint density at radius 2 is 2.15 bits per heavy atom. The van der Waals surface area contributed by atoms with Gasteiger partial charge in [0, 0.05) is 16.6 Å². The molecule has 26 heavy (non-hydrogen) atoms. The minimum absolute atomic E-state index is 0.230. The van der Waals surface area contributed by atoms with E-state index in [0.717, 1.165) is 23.1 Å². The summed E-state index contributed by atoms with van der Waals surface area (Å²) in [6.45, 7) is 1.96. The number of pyridine rings is 1. The summed E-state index contributed by atoms with van der Waals surface area (Å²) in [6, 6.07) is 9.21. The number of nitrogens with one attached hydrogen (secondary N) is 2. The van der Waals surface area contributed by atoms with E-state index in [0.29, 0.717) is 17.2 Å². The smallest absolute Gasteiger partial charge is 0.249 e. The molecule has 0 radical (unpaired) electrons. The molecule has 3 rings (SSSR count). The fourth-order valence-corrected chi connectivity index (χ4v) is 2.34. The number of aromatic nitrogens is 3. The van der Waals surface area contributed by atoms with Crippen LogP contribution in [0.25, 0.3) is 10.9 Å². The second-order valence-electron chi connectivity index (χ2n) is 5.46. The first kappa shape index (κ1) is 17.1. The fraction of sp³-hybridized carbons (Fsp3) is 0.100. The maximum atomic E-state index is 11.9. The first-order valence-corrected chi connectivity index (χ1v) is 8.11. The highest BCUT2D eigenvalue weighted by atomic mass is 16.1. The van der Waals surface area contributed by atoms with Gasteiger partial charge in [-0.1, -0.05) is 25.0 Å². The lowest BCUT2D eigenvalue weighted by atomic mass is 10.2. The van der Waals surface area contributed by atoms with E-state index in [2.05, 4.69) is 31.5 Å². The normalized spacial score (nSPS) is 10.6. The van der Waals surface area contributed by atoms with Crippen molar-refractivity contribution in [3.63, 3.8) is 0 Å². The number of carbonyl (C=O) groups excluding carboxylic acids is 1. The van der Waals surface area contributed by atoms with Gasteiger partial charge in [0.1, 0.15) is 18.0 Å². The molecule has 6 heteroatoms. The van der Waals surface area contributed by atoms with Crippen molar-refractivity contribution in [3.8, 4) is 12.3 Å². The van der Waals surface area contributed by atoms with Gasteiger partial charge in [0.2, 0.25) is 5.91 Å². The van der Waals surface area contributed by atoms with Crippen molar-refractivity contribution in [3.05, 3.63) is 60.6 Å². The van der Waals surface area contributed by atoms with Gasteiger partial charge in [-0.15, -0.1) is 6.42 Å². The largest absolute Gasteiger partial charge is 0.340 e. The van der Waals surface area contributed by atoms with Gasteiger partial charge >= 0.3 is 0 Å². The molecule has 0 unspecified atom stereocenters. The molecule has 0 atom stereocenters. The van der Waals surface area contributed by atoms with E-state index in [1.165, 1.54) is 12.4 Å². The molecule has 0 saturated carbocycles. The predicted molar refractivity (Wildman–Crippen MR) is 103 cm³/mol. The summed E-state index contributed by atoms with van der Waals surface area (Å²) in [7, 11) is 0. The van der Waals surface area contributed by atoms with E-state index in [9.17, 15) is 4.79 Å². The molecule has 1 aromatic carbocycles. The Hall–Kier alpha value is -3.72. The highest BCUT2D eigenvalue weighted by Crippen LogP contribution is 2.24. The van der Waals surface area contributed by atoms with Gasteiger partial charge in [-0.2, -0.15) is 0 Å². The van der Waals surface area contributed by atoms with Gasteiger partial charge in [-0.3, -0.25) is 4.79 Å². The third-order valence-electron chi connectivity index (χ3n) is 3.57. The molecule has 2 aromatic heterocycles. The van der Waals surface area contributed by atoms with Crippen LogP contribution in [0.3, 0.4) is 0 Å². The average molecular weight is 343 g/mol. The van der Waals surface area contributed by atoms with E-state index in [-0.39, 0.29) is 5.91 Å². The summed E-state index contributed by atoms with van der Waals surface area (Å²) in [4.78, 5) is 24.6. The summed E-state index contributed by atoms with van der Waals surface area (Å²) >= 11 is 0. The van der Waals surface area contributed by atoms with Gasteiger partial charge in [0.25, 0.3) is 0 Å². The monoisotopic (exact) mass is 343 g/mol. The molecule has 0 fully saturated rings. The summed E-state index contributed by atoms with van der Waals surface area (Å²) in [5.41, 5.74) is 2.25. The lowest BCUT2D eigenvalue weighted by molar-refractivity contribution is -0.111. The second-order valence-corrected chi connectivity index (χ2v) is 5.46. The van der Waals surface area contributed by atoms with Crippen LogP contribution in [0.15, 0.2) is 55.0 Å². The number of anilines is 3. The van der Waals surface area contributed by atoms with Crippen LogP contribution in [0.4, 0.5) is 17.3 Å². The minimum Gasteiger partial charge on any atom is -0.340 e. The number of carbonyl (C=O) groups is 1. The van der Waals surface area contributed by atoms with Crippen LogP contribution in [0.2, 0.25) is 0 Å². The molecule has 3 aromatic rings. The van der Waals surface area contributed by atoms with E-state index in [1.807, 2.05) is 31.2 Å². The Balaban J connectivity index is 1.92. The maximum Gasteiger partial charge on any atom is 0.249 e. The van der Waals surface area contributed by atoms with E-state index < -0.39 is 0 Å². The molecule has 0 aliphatic carbocycles. The number of hydrogen-bond donors (Lipinski definition) is 2. The molecule has 6 nitrogen and oxygen atoms in total. The molecule has 2 N–H and O–H groups in total. The summed E-state index contributed by atoms with van der Waals surface area (Å²) in [5.74, 6) is 3.40. The van der Waals surface area contributed by atoms with Crippen LogP contribution in [-0.4, -0.2) is 20.9 Å². The number of hydrogen-bond acceptors (Lipinski definition) is 5. The predicted octanol–water partition coefficient (Wildman–Crippen LogP) is 3.65. The molecule has 128 valence electrons. The van der Waals surface area contributed by atoms with Crippen molar-refractivity contribution in [1.29, 1.82) is 0 Å². The van der Waals surface area contributed by atoms with E-state index >= 15 is 0 Å². The van der Waals surface area contributed by atoms with Crippen LogP contribution in [0.1, 0.15) is 18.9 Å². The standard InChI is InChI=1S/C20H17N5O/c1-3-5-9-19(26)25-18-11-16-17(12-21-18)22-13-23-20(16)24-15-8-6-7-14(4-2)10-15/h2,5-13H,3H2,1H3,(H,21,25,26)(H,22,23,24). The molecule has 1 amide bonds. The van der Waals surface area contributed by atoms with Crippen molar-refractivity contribution < 1.29 is 4.79 Å². The number of amides is 1. The van der Waals surface area contributed by atoms with E-state index in [4.69, 9.17) is 6.42 Å². The Kier molecular flexibility index (Phi) is 5.20. The molecule has 0 aliphatic rings. The zero-order valence-corrected chi connectivity index (χ0v) is 14.2. The van der Waals surface area contributed by atoms with Crippen LogP contribution in [0.5, 0.6) is 0 Å². The van der Waals surface area contributed by atoms with E-state index in [1.54, 1.807) is 18.3 Å². The first-order valence-electron chi connectivity index (χ1n) is 8.11. The van der Waals surface area contributed by atoms with Crippen molar-refractivity contribution in [2.24, 2.45) is 0 Å².